The molecule has 102 valence electrons. The Hall–Kier alpha value is 0.470. The maximum atomic E-state index is 7.00. The fourth-order valence-corrected chi connectivity index (χ4v) is 3.86. The minimum absolute atomic E-state index is 0.469. The van der Waals surface area contributed by atoms with E-state index in [0.29, 0.717) is 6.04 Å². The van der Waals surface area contributed by atoms with Gasteiger partial charge in [-0.3, -0.25) is 0 Å². The topological polar surface area (TPSA) is 32.7 Å². The van der Waals surface area contributed by atoms with Gasteiger partial charge < -0.3 is 9.84 Å². The van der Waals surface area contributed by atoms with E-state index in [9.17, 15) is 0 Å². The monoisotopic (exact) mass is 401 g/mol. The van der Waals surface area contributed by atoms with Gasteiger partial charge in [-0.15, -0.1) is 0 Å². The first-order valence-corrected chi connectivity index (χ1v) is 9.31. The summed E-state index contributed by atoms with van der Waals surface area (Å²) in [5.41, 5.74) is 1.32. The normalized spacial score (nSPS) is 20.1. The first-order valence-electron chi connectivity index (χ1n) is 5.62. The van der Waals surface area contributed by atoms with Gasteiger partial charge in [-0.25, -0.2) is 4.31 Å². The van der Waals surface area contributed by atoms with Crippen LogP contribution < -0.4 is 0 Å². The van der Waals surface area contributed by atoms with E-state index in [1.54, 1.807) is 9.12 Å². The van der Waals surface area contributed by atoms with Crippen LogP contribution in [0.1, 0.15) is 5.56 Å². The van der Waals surface area contributed by atoms with E-state index in [2.05, 4.69) is 37.6 Å². The second-order valence-electron chi connectivity index (χ2n) is 3.77. The van der Waals surface area contributed by atoms with Gasteiger partial charge in [0.05, 0.1) is 13.2 Å². The van der Waals surface area contributed by atoms with Gasteiger partial charge in [0, 0.05) is 45.9 Å². The third-order valence-corrected chi connectivity index (χ3v) is 5.07. The van der Waals surface area contributed by atoms with Gasteiger partial charge in [0.15, 0.2) is 0 Å². The number of morpholine rings is 1. The van der Waals surface area contributed by atoms with E-state index in [-0.39, 0.29) is 0 Å². The molecule has 0 amide bonds. The number of aliphatic hydroxyl groups is 1. The smallest absolute Gasteiger partial charge is 0.0635 e. The zero-order chi connectivity index (χ0) is 13.4. The van der Waals surface area contributed by atoms with Crippen LogP contribution in [-0.4, -0.2) is 42.3 Å². The molecule has 1 aliphatic heterocycles. The molecule has 0 spiro atoms. The van der Waals surface area contributed by atoms with Gasteiger partial charge in [-0.2, -0.15) is 0 Å². The summed E-state index contributed by atoms with van der Waals surface area (Å²) in [4.78, 5) is 0. The maximum Gasteiger partial charge on any atom is 0.0635 e. The van der Waals surface area contributed by atoms with Crippen molar-refractivity contribution in [3.05, 3.63) is 34.9 Å². The van der Waals surface area contributed by atoms with E-state index in [0.717, 1.165) is 38.3 Å². The molecule has 1 saturated heterocycles. The highest BCUT2D eigenvalue weighted by Gasteiger charge is 2.23. The van der Waals surface area contributed by atoms with Crippen molar-refractivity contribution in [1.82, 2.24) is 4.31 Å². The van der Waals surface area contributed by atoms with E-state index in [1.165, 1.54) is 5.56 Å². The number of benzene rings is 1. The van der Waals surface area contributed by atoms with E-state index in [1.807, 2.05) is 12.1 Å². The molecule has 0 unspecified atom stereocenters. The van der Waals surface area contributed by atoms with Gasteiger partial charge >= 0.3 is 0 Å². The molecule has 6 heteroatoms. The second kappa shape index (κ2) is 9.39. The predicted molar refractivity (Wildman–Crippen MR) is 86.2 cm³/mol. The van der Waals surface area contributed by atoms with Crippen LogP contribution in [-0.2, 0) is 11.2 Å². The van der Waals surface area contributed by atoms with Gasteiger partial charge in [0.1, 0.15) is 0 Å². The molecule has 2 rings (SSSR count). The van der Waals surface area contributed by atoms with Crippen molar-refractivity contribution >= 4 is 41.9 Å². The Morgan fingerprint density at radius 1 is 1.44 bits per heavy atom. The highest BCUT2D eigenvalue weighted by molar-refractivity contribution is 14.2. The van der Waals surface area contributed by atoms with E-state index in [4.69, 9.17) is 21.4 Å². The molecule has 18 heavy (non-hydrogen) atoms. The first kappa shape index (κ1) is 16.5. The van der Waals surface area contributed by atoms with Crippen LogP contribution in [0, 0.1) is 0 Å². The summed E-state index contributed by atoms with van der Waals surface area (Å²) >= 11 is 8.21. The van der Waals surface area contributed by atoms with Crippen molar-refractivity contribution in [2.24, 2.45) is 0 Å². The lowest BCUT2D eigenvalue weighted by Crippen LogP contribution is -2.41. The summed E-state index contributed by atoms with van der Waals surface area (Å²) < 4.78 is 7.91. The molecule has 0 aliphatic carbocycles. The molecule has 0 bridgehead atoms. The van der Waals surface area contributed by atoms with Crippen molar-refractivity contribution in [3.8, 4) is 0 Å². The molecule has 0 aromatic heterocycles. The zero-order valence-corrected chi connectivity index (χ0v) is 13.9. The highest BCUT2D eigenvalue weighted by atomic mass is 127. The number of hydrogen-bond donors (Lipinski definition) is 1. The van der Waals surface area contributed by atoms with Crippen LogP contribution in [0.3, 0.4) is 0 Å². The maximum absolute atomic E-state index is 7.00. The third-order valence-electron chi connectivity index (χ3n) is 2.65. The molecule has 0 saturated carbocycles. The molecule has 1 atom stereocenters. The average Bonchev–Trinajstić information content (AvgIpc) is 2.44. The summed E-state index contributed by atoms with van der Waals surface area (Å²) in [6.45, 7) is 2.66. The number of ether oxygens (including phenoxy) is 1. The lowest BCUT2D eigenvalue weighted by molar-refractivity contribution is 0.0384. The lowest BCUT2D eigenvalue weighted by Gasteiger charge is -2.32. The Labute approximate surface area is 130 Å². The molecular weight excluding hydrogens is 385 g/mol. The van der Waals surface area contributed by atoms with Crippen LogP contribution in [0.4, 0.5) is 0 Å². The quantitative estimate of drug-likeness (QED) is 0.623. The van der Waals surface area contributed by atoms with Gasteiger partial charge in [-0.1, -0.05) is 23.7 Å². The Morgan fingerprint density at radius 2 is 2.11 bits per heavy atom. The molecule has 3 nitrogen and oxygen atoms in total. The lowest BCUT2D eigenvalue weighted by atomic mass is 10.1. The number of halogens is 2. The van der Waals surface area contributed by atoms with E-state index >= 15 is 0 Å². The zero-order valence-electron chi connectivity index (χ0n) is 10.2. The molecule has 0 radical (unpaired) electrons. The number of nitrogens with zero attached hydrogens (tertiary/aromatic N) is 1. The van der Waals surface area contributed by atoms with Crippen LogP contribution in [0.15, 0.2) is 24.3 Å². The summed E-state index contributed by atoms with van der Waals surface area (Å²) in [5.74, 6) is 0. The van der Waals surface area contributed by atoms with Crippen LogP contribution in [0.25, 0.3) is 0 Å². The fourth-order valence-electron chi connectivity index (χ4n) is 1.78. The minimum Gasteiger partial charge on any atom is -0.400 e. The minimum atomic E-state index is 0.469. The van der Waals surface area contributed by atoms with E-state index < -0.39 is 0 Å². The van der Waals surface area contributed by atoms with Gasteiger partial charge in [0.25, 0.3) is 0 Å². The number of rotatable bonds is 3. The Morgan fingerprint density at radius 3 is 2.72 bits per heavy atom. The fraction of sp³-hybridized carbons (Fsp3) is 0.500. The largest absolute Gasteiger partial charge is 0.400 e. The number of hydrogen-bond acceptors (Lipinski definition) is 4. The Balaban J connectivity index is 0.000000771. The number of aliphatic hydroxyl groups excluding tert-OH is 1. The van der Waals surface area contributed by atoms with Crippen molar-refractivity contribution in [1.29, 1.82) is 0 Å². The van der Waals surface area contributed by atoms with Crippen molar-refractivity contribution in [3.63, 3.8) is 0 Å². The molecule has 1 heterocycles. The standard InChI is InChI=1S/C11H13ClINOS.CH4O/c12-10-3-1-9(2-4-10)7-11-8-15-6-5-14(11)16-13;1-2/h1-4,11H,5-8H2;2H,1H3/t11-;/m0./s1. The van der Waals surface area contributed by atoms with Crippen LogP contribution in [0.2, 0.25) is 5.02 Å². The molecule has 1 N–H and O–H groups in total. The SMILES string of the molecule is CO.Clc1ccc(C[C@H]2COCCN2SI)cc1. The van der Waals surface area contributed by atoms with Crippen LogP contribution >= 0.6 is 41.9 Å². The van der Waals surface area contributed by atoms with Crippen molar-refractivity contribution in [2.75, 3.05) is 26.9 Å². The van der Waals surface area contributed by atoms with Gasteiger partial charge in [0.2, 0.25) is 0 Å². The second-order valence-corrected chi connectivity index (χ2v) is 5.99. The Kier molecular flexibility index (Phi) is 8.62. The van der Waals surface area contributed by atoms with Crippen LogP contribution in [0.5, 0.6) is 0 Å². The third kappa shape index (κ3) is 5.22. The summed E-state index contributed by atoms with van der Waals surface area (Å²) in [5, 5.41) is 7.80. The van der Waals surface area contributed by atoms with Gasteiger partial charge in [-0.05, 0) is 33.2 Å². The van der Waals surface area contributed by atoms with Crippen molar-refractivity contribution in [2.45, 2.75) is 12.5 Å². The molecule has 1 aromatic carbocycles. The molecule has 1 aromatic rings. The van der Waals surface area contributed by atoms with Crippen molar-refractivity contribution < 1.29 is 9.84 Å². The molecular formula is C12H17ClINO2S. The predicted octanol–water partition coefficient (Wildman–Crippen LogP) is 3.19. The summed E-state index contributed by atoms with van der Waals surface area (Å²) in [6.07, 6.45) is 1.02. The molecule has 1 fully saturated rings. The Bertz CT molecular complexity index is 339. The first-order chi connectivity index (χ1) is 8.79. The average molecular weight is 402 g/mol. The highest BCUT2D eigenvalue weighted by Crippen LogP contribution is 2.26. The molecule has 1 aliphatic rings. The summed E-state index contributed by atoms with van der Waals surface area (Å²) in [7, 11) is 2.77. The summed E-state index contributed by atoms with van der Waals surface area (Å²) in [6, 6.07) is 8.54.